The number of carboxylic acid groups (broad SMARTS) is 1. The number of aromatic nitrogens is 2. The van der Waals surface area contributed by atoms with Gasteiger partial charge in [-0.25, -0.2) is 9.48 Å². The molecule has 5 heteroatoms. The molecule has 1 amide bonds. The van der Waals surface area contributed by atoms with E-state index in [0.717, 1.165) is 5.69 Å². The molecule has 2 rings (SSSR count). The molecule has 0 spiro atoms. The second-order valence-corrected chi connectivity index (χ2v) is 2.48. The van der Waals surface area contributed by atoms with Crippen LogP contribution in [0.2, 0.25) is 0 Å². The van der Waals surface area contributed by atoms with Crippen LogP contribution in [0.3, 0.4) is 0 Å². The zero-order chi connectivity index (χ0) is 8.55. The van der Waals surface area contributed by atoms with E-state index in [1.807, 2.05) is 0 Å². The summed E-state index contributed by atoms with van der Waals surface area (Å²) < 4.78 is 1.65. The van der Waals surface area contributed by atoms with Crippen molar-refractivity contribution in [3.63, 3.8) is 0 Å². The fourth-order valence-electron chi connectivity index (χ4n) is 1.10. The highest BCUT2D eigenvalue weighted by Gasteiger charge is 2.15. The van der Waals surface area contributed by atoms with Crippen molar-refractivity contribution >= 4 is 12.3 Å². The van der Waals surface area contributed by atoms with Crippen LogP contribution in [0.5, 0.6) is 0 Å². The third kappa shape index (κ3) is 0.952. The lowest BCUT2D eigenvalue weighted by Gasteiger charge is -2.18. The van der Waals surface area contributed by atoms with Gasteiger partial charge >= 0.3 is 6.09 Å². The Labute approximate surface area is 68.5 Å². The molecule has 1 aliphatic heterocycles. The van der Waals surface area contributed by atoms with E-state index in [1.165, 1.54) is 11.1 Å². The van der Waals surface area contributed by atoms with Gasteiger partial charge in [-0.3, -0.25) is 4.90 Å². The van der Waals surface area contributed by atoms with Gasteiger partial charge in [-0.2, -0.15) is 5.10 Å². The Morgan fingerprint density at radius 1 is 1.58 bits per heavy atom. The zero-order valence-electron chi connectivity index (χ0n) is 6.21. The Kier molecular flexibility index (Phi) is 1.36. The van der Waals surface area contributed by atoms with Gasteiger partial charge in [0, 0.05) is 18.6 Å². The highest BCUT2D eigenvalue weighted by atomic mass is 16.4. The van der Waals surface area contributed by atoms with Crippen LogP contribution in [-0.4, -0.2) is 25.9 Å². The number of amides is 1. The fourth-order valence-corrected chi connectivity index (χ4v) is 1.10. The van der Waals surface area contributed by atoms with Crippen LogP contribution in [0.1, 0.15) is 5.69 Å². The number of fused-ring (bicyclic) bond motifs is 1. The van der Waals surface area contributed by atoms with E-state index in [1.54, 1.807) is 23.1 Å². The second-order valence-electron chi connectivity index (χ2n) is 2.48. The number of carbonyl (C=O) groups is 1. The SMILES string of the molecule is O=C(O)N1C=Cn2nccc2C1. The monoisotopic (exact) mass is 165 g/mol. The molecule has 62 valence electrons. The normalized spacial score (nSPS) is 14.5. The molecule has 0 aromatic carbocycles. The quantitative estimate of drug-likeness (QED) is 0.618. The molecule has 1 aromatic rings. The number of hydrogen-bond donors (Lipinski definition) is 1. The average molecular weight is 165 g/mol. The van der Waals surface area contributed by atoms with E-state index in [0.29, 0.717) is 6.54 Å². The van der Waals surface area contributed by atoms with Crippen molar-refractivity contribution < 1.29 is 9.90 Å². The molecular weight excluding hydrogens is 158 g/mol. The van der Waals surface area contributed by atoms with Gasteiger partial charge < -0.3 is 5.11 Å². The molecule has 1 N–H and O–H groups in total. The molecule has 5 nitrogen and oxygen atoms in total. The van der Waals surface area contributed by atoms with Gasteiger partial charge in [0.15, 0.2) is 0 Å². The van der Waals surface area contributed by atoms with E-state index >= 15 is 0 Å². The van der Waals surface area contributed by atoms with Crippen molar-refractivity contribution in [2.45, 2.75) is 6.54 Å². The first-order valence-corrected chi connectivity index (χ1v) is 3.47. The maximum absolute atomic E-state index is 10.5. The van der Waals surface area contributed by atoms with Crippen molar-refractivity contribution in [3.05, 3.63) is 24.2 Å². The van der Waals surface area contributed by atoms with E-state index in [2.05, 4.69) is 5.10 Å². The second kappa shape index (κ2) is 2.37. The van der Waals surface area contributed by atoms with Crippen molar-refractivity contribution in [1.82, 2.24) is 14.7 Å². The lowest BCUT2D eigenvalue weighted by molar-refractivity contribution is 0.159. The number of nitrogens with zero attached hydrogens (tertiary/aromatic N) is 3. The smallest absolute Gasteiger partial charge is 0.411 e. The molecule has 2 heterocycles. The van der Waals surface area contributed by atoms with Crippen LogP contribution in [0.25, 0.3) is 6.20 Å². The predicted molar refractivity (Wildman–Crippen MR) is 41.1 cm³/mol. The highest BCUT2D eigenvalue weighted by molar-refractivity contribution is 5.67. The van der Waals surface area contributed by atoms with Crippen molar-refractivity contribution in [2.75, 3.05) is 0 Å². The largest absolute Gasteiger partial charge is 0.465 e. The topological polar surface area (TPSA) is 58.4 Å². The van der Waals surface area contributed by atoms with Crippen molar-refractivity contribution in [1.29, 1.82) is 0 Å². The van der Waals surface area contributed by atoms with Crippen LogP contribution in [0.15, 0.2) is 18.5 Å². The van der Waals surface area contributed by atoms with Gasteiger partial charge in [0.25, 0.3) is 0 Å². The van der Waals surface area contributed by atoms with Crippen LogP contribution in [-0.2, 0) is 6.54 Å². The first kappa shape index (κ1) is 6.90. The minimum atomic E-state index is -0.946. The van der Waals surface area contributed by atoms with Crippen molar-refractivity contribution in [2.24, 2.45) is 0 Å². The predicted octanol–water partition coefficient (Wildman–Crippen LogP) is 0.805. The number of hydrogen-bond acceptors (Lipinski definition) is 2. The molecule has 0 saturated heterocycles. The van der Waals surface area contributed by atoms with Gasteiger partial charge in [0.2, 0.25) is 0 Å². The van der Waals surface area contributed by atoms with Gasteiger partial charge in [-0.1, -0.05) is 0 Å². The minimum absolute atomic E-state index is 0.367. The fraction of sp³-hybridized carbons (Fsp3) is 0.143. The lowest BCUT2D eigenvalue weighted by Crippen LogP contribution is -2.26. The number of rotatable bonds is 0. The molecule has 1 aliphatic rings. The summed E-state index contributed by atoms with van der Waals surface area (Å²) in [6.45, 7) is 0.367. The molecule has 0 saturated carbocycles. The summed E-state index contributed by atoms with van der Waals surface area (Å²) in [7, 11) is 0. The maximum atomic E-state index is 10.5. The van der Waals surface area contributed by atoms with E-state index in [4.69, 9.17) is 5.11 Å². The van der Waals surface area contributed by atoms with Gasteiger partial charge in [-0.05, 0) is 6.07 Å². The van der Waals surface area contributed by atoms with Crippen LogP contribution >= 0.6 is 0 Å². The molecule has 1 aromatic heterocycles. The van der Waals surface area contributed by atoms with E-state index < -0.39 is 6.09 Å². The summed E-state index contributed by atoms with van der Waals surface area (Å²) in [6, 6.07) is 1.79. The molecule has 0 unspecified atom stereocenters. The Bertz CT molecular complexity index is 342. The standard InChI is InChI=1S/C7H7N3O2/c11-7(12)9-3-4-10-6(5-9)1-2-8-10/h1-4H,5H2,(H,11,12). The summed E-state index contributed by atoms with van der Waals surface area (Å²) in [5.74, 6) is 0. The highest BCUT2D eigenvalue weighted by Crippen LogP contribution is 2.10. The van der Waals surface area contributed by atoms with Gasteiger partial charge in [0.05, 0.1) is 12.2 Å². The lowest BCUT2D eigenvalue weighted by atomic mass is 10.4. The van der Waals surface area contributed by atoms with Gasteiger partial charge in [0.1, 0.15) is 0 Å². The third-order valence-electron chi connectivity index (χ3n) is 1.72. The maximum Gasteiger partial charge on any atom is 0.411 e. The summed E-state index contributed by atoms with van der Waals surface area (Å²) in [6.07, 6.45) is 3.80. The van der Waals surface area contributed by atoms with E-state index in [-0.39, 0.29) is 0 Å². The Hall–Kier alpha value is -1.78. The summed E-state index contributed by atoms with van der Waals surface area (Å²) in [5, 5.41) is 12.6. The van der Waals surface area contributed by atoms with Crippen molar-refractivity contribution in [3.8, 4) is 0 Å². The van der Waals surface area contributed by atoms with Crippen LogP contribution in [0.4, 0.5) is 4.79 Å². The molecule has 0 atom stereocenters. The Balaban J connectivity index is 2.30. The Morgan fingerprint density at radius 2 is 2.42 bits per heavy atom. The zero-order valence-corrected chi connectivity index (χ0v) is 6.21. The molecule has 0 bridgehead atoms. The molecule has 0 radical (unpaired) electrons. The summed E-state index contributed by atoms with van der Waals surface area (Å²) in [5.41, 5.74) is 0.875. The van der Waals surface area contributed by atoms with Gasteiger partial charge in [-0.15, -0.1) is 0 Å². The molecule has 0 fully saturated rings. The van der Waals surface area contributed by atoms with Crippen LogP contribution < -0.4 is 0 Å². The summed E-state index contributed by atoms with van der Waals surface area (Å²) in [4.78, 5) is 11.7. The molecule has 0 aliphatic carbocycles. The molecular formula is C7H7N3O2. The molecule has 12 heavy (non-hydrogen) atoms. The third-order valence-corrected chi connectivity index (χ3v) is 1.72. The first-order valence-electron chi connectivity index (χ1n) is 3.47. The first-order chi connectivity index (χ1) is 5.77. The minimum Gasteiger partial charge on any atom is -0.465 e. The van der Waals surface area contributed by atoms with Crippen LogP contribution in [0, 0.1) is 0 Å². The average Bonchev–Trinajstić information content (AvgIpc) is 2.49. The Morgan fingerprint density at radius 3 is 3.17 bits per heavy atom. The van der Waals surface area contributed by atoms with E-state index in [9.17, 15) is 4.79 Å². The summed E-state index contributed by atoms with van der Waals surface area (Å²) >= 11 is 0.